The van der Waals surface area contributed by atoms with Gasteiger partial charge in [0.2, 0.25) is 0 Å². The molecule has 1 atom stereocenters. The van der Waals surface area contributed by atoms with Crippen LogP contribution < -0.4 is 5.32 Å². The summed E-state index contributed by atoms with van der Waals surface area (Å²) in [6.45, 7) is 3.52. The maximum absolute atomic E-state index is 8.98. The molecular formula is C6H12N2O. The highest BCUT2D eigenvalue weighted by molar-refractivity contribution is 5.86. The van der Waals surface area contributed by atoms with E-state index < -0.39 is 6.10 Å². The summed E-state index contributed by atoms with van der Waals surface area (Å²) >= 11 is 0. The van der Waals surface area contributed by atoms with Gasteiger partial charge in [-0.1, -0.05) is 0 Å². The van der Waals surface area contributed by atoms with Crippen LogP contribution in [0.15, 0.2) is 4.99 Å². The van der Waals surface area contributed by atoms with Crippen molar-refractivity contribution in [3.05, 3.63) is 0 Å². The standard InChI is InChI=1S/C6H12N2O/c1-5(9)6-7-3-2-4-8-6/h5,9H,2-4H2,1H3,(H,7,8). The zero-order valence-corrected chi connectivity index (χ0v) is 5.59. The number of nitrogens with one attached hydrogen (secondary N) is 1. The molecule has 3 heteroatoms. The lowest BCUT2D eigenvalue weighted by Crippen LogP contribution is -2.36. The van der Waals surface area contributed by atoms with Crippen LogP contribution in [-0.2, 0) is 0 Å². The monoisotopic (exact) mass is 128 g/mol. The molecule has 1 heterocycles. The normalized spacial score (nSPS) is 22.2. The first-order valence-corrected chi connectivity index (χ1v) is 3.27. The molecule has 2 N–H and O–H groups in total. The molecule has 0 aromatic carbocycles. The molecule has 0 fully saturated rings. The highest BCUT2D eigenvalue weighted by atomic mass is 16.3. The summed E-state index contributed by atoms with van der Waals surface area (Å²) in [6, 6.07) is 0. The van der Waals surface area contributed by atoms with Crippen molar-refractivity contribution >= 4 is 5.84 Å². The average molecular weight is 128 g/mol. The summed E-state index contributed by atoms with van der Waals surface area (Å²) < 4.78 is 0. The Kier molecular flexibility index (Phi) is 2.05. The SMILES string of the molecule is CC(O)C1=NCCCN1. The lowest BCUT2D eigenvalue weighted by Gasteiger charge is -2.15. The van der Waals surface area contributed by atoms with E-state index in [0.717, 1.165) is 25.3 Å². The van der Waals surface area contributed by atoms with Gasteiger partial charge >= 0.3 is 0 Å². The van der Waals surface area contributed by atoms with Gasteiger partial charge in [0.25, 0.3) is 0 Å². The van der Waals surface area contributed by atoms with E-state index in [1.165, 1.54) is 0 Å². The van der Waals surface area contributed by atoms with Crippen LogP contribution >= 0.6 is 0 Å². The molecule has 0 saturated carbocycles. The van der Waals surface area contributed by atoms with Crippen molar-refractivity contribution in [2.24, 2.45) is 4.99 Å². The number of rotatable bonds is 1. The first-order chi connectivity index (χ1) is 4.30. The van der Waals surface area contributed by atoms with Crippen molar-refractivity contribution in [1.82, 2.24) is 5.32 Å². The number of nitrogens with zero attached hydrogens (tertiary/aromatic N) is 1. The first-order valence-electron chi connectivity index (χ1n) is 3.27. The number of amidine groups is 1. The predicted molar refractivity (Wildman–Crippen MR) is 36.6 cm³/mol. The Morgan fingerprint density at radius 3 is 2.89 bits per heavy atom. The number of aliphatic imine (C=N–C) groups is 1. The first kappa shape index (κ1) is 6.55. The maximum Gasteiger partial charge on any atom is 0.125 e. The topological polar surface area (TPSA) is 44.6 Å². The number of aliphatic hydroxyl groups excluding tert-OH is 1. The summed E-state index contributed by atoms with van der Waals surface area (Å²) in [5, 5.41) is 12.0. The van der Waals surface area contributed by atoms with Gasteiger partial charge in [-0.25, -0.2) is 0 Å². The fourth-order valence-corrected chi connectivity index (χ4v) is 0.831. The fraction of sp³-hybridized carbons (Fsp3) is 0.833. The third-order valence-corrected chi connectivity index (χ3v) is 1.32. The molecule has 1 rings (SSSR count). The molecule has 1 aliphatic rings. The molecule has 1 unspecified atom stereocenters. The zero-order valence-electron chi connectivity index (χ0n) is 5.59. The lowest BCUT2D eigenvalue weighted by atomic mass is 10.3. The van der Waals surface area contributed by atoms with Crippen molar-refractivity contribution in [1.29, 1.82) is 0 Å². The summed E-state index contributed by atoms with van der Waals surface area (Å²) in [7, 11) is 0. The van der Waals surface area contributed by atoms with Gasteiger partial charge in [-0.05, 0) is 13.3 Å². The van der Waals surface area contributed by atoms with Gasteiger partial charge in [0.15, 0.2) is 0 Å². The van der Waals surface area contributed by atoms with Crippen LogP contribution in [0.25, 0.3) is 0 Å². The smallest absolute Gasteiger partial charge is 0.125 e. The third kappa shape index (κ3) is 1.68. The minimum absolute atomic E-state index is 0.426. The summed E-state index contributed by atoms with van der Waals surface area (Å²) in [4.78, 5) is 4.08. The summed E-state index contributed by atoms with van der Waals surface area (Å²) in [5.41, 5.74) is 0. The molecule has 0 saturated heterocycles. The van der Waals surface area contributed by atoms with E-state index in [0.29, 0.717) is 0 Å². The zero-order chi connectivity index (χ0) is 6.69. The lowest BCUT2D eigenvalue weighted by molar-refractivity contribution is 0.256. The second kappa shape index (κ2) is 2.82. The number of hydrogen-bond donors (Lipinski definition) is 2. The highest BCUT2D eigenvalue weighted by Gasteiger charge is 2.07. The highest BCUT2D eigenvalue weighted by Crippen LogP contribution is 1.92. The minimum atomic E-state index is -0.426. The summed E-state index contributed by atoms with van der Waals surface area (Å²) in [5.74, 6) is 0.737. The second-order valence-electron chi connectivity index (χ2n) is 2.22. The van der Waals surface area contributed by atoms with E-state index in [9.17, 15) is 0 Å². The predicted octanol–water partition coefficient (Wildman–Crippen LogP) is -0.241. The van der Waals surface area contributed by atoms with Crippen LogP contribution in [-0.4, -0.2) is 30.1 Å². The molecule has 0 amide bonds. The third-order valence-electron chi connectivity index (χ3n) is 1.32. The number of hydrogen-bond acceptors (Lipinski definition) is 3. The molecule has 3 nitrogen and oxygen atoms in total. The van der Waals surface area contributed by atoms with Gasteiger partial charge in [0, 0.05) is 13.1 Å². The van der Waals surface area contributed by atoms with Crippen LogP contribution in [0, 0.1) is 0 Å². The van der Waals surface area contributed by atoms with Crippen molar-refractivity contribution < 1.29 is 5.11 Å². The Morgan fingerprint density at radius 2 is 2.56 bits per heavy atom. The van der Waals surface area contributed by atoms with Crippen molar-refractivity contribution in [2.75, 3.05) is 13.1 Å². The Hall–Kier alpha value is -0.570. The van der Waals surface area contributed by atoms with Gasteiger partial charge in [0.1, 0.15) is 11.9 Å². The van der Waals surface area contributed by atoms with Crippen LogP contribution in [0.4, 0.5) is 0 Å². The molecule has 9 heavy (non-hydrogen) atoms. The van der Waals surface area contributed by atoms with Crippen LogP contribution in [0.2, 0.25) is 0 Å². The van der Waals surface area contributed by atoms with Crippen molar-refractivity contribution in [2.45, 2.75) is 19.4 Å². The summed E-state index contributed by atoms with van der Waals surface area (Å²) in [6.07, 6.45) is 0.654. The number of aliphatic hydroxyl groups is 1. The van der Waals surface area contributed by atoms with Crippen molar-refractivity contribution in [3.8, 4) is 0 Å². The Labute approximate surface area is 54.8 Å². The largest absolute Gasteiger partial charge is 0.386 e. The van der Waals surface area contributed by atoms with Crippen LogP contribution in [0.5, 0.6) is 0 Å². The van der Waals surface area contributed by atoms with E-state index in [2.05, 4.69) is 10.3 Å². The molecule has 0 aromatic heterocycles. The van der Waals surface area contributed by atoms with Gasteiger partial charge in [-0.2, -0.15) is 0 Å². The van der Waals surface area contributed by atoms with Crippen LogP contribution in [0.1, 0.15) is 13.3 Å². The molecular weight excluding hydrogens is 116 g/mol. The quantitative estimate of drug-likeness (QED) is 0.512. The van der Waals surface area contributed by atoms with Gasteiger partial charge in [-0.15, -0.1) is 0 Å². The molecule has 0 aromatic rings. The fourth-order valence-electron chi connectivity index (χ4n) is 0.831. The molecule has 0 spiro atoms. The maximum atomic E-state index is 8.98. The molecule has 0 bridgehead atoms. The van der Waals surface area contributed by atoms with Crippen molar-refractivity contribution in [3.63, 3.8) is 0 Å². The van der Waals surface area contributed by atoms with E-state index in [4.69, 9.17) is 5.11 Å². The average Bonchev–Trinajstić information content (AvgIpc) is 1.90. The minimum Gasteiger partial charge on any atom is -0.386 e. The Morgan fingerprint density at radius 1 is 1.78 bits per heavy atom. The van der Waals surface area contributed by atoms with Gasteiger partial charge in [0.05, 0.1) is 0 Å². The van der Waals surface area contributed by atoms with Gasteiger partial charge < -0.3 is 10.4 Å². The van der Waals surface area contributed by atoms with E-state index >= 15 is 0 Å². The Bertz CT molecular complexity index is 120. The molecule has 1 aliphatic heterocycles. The van der Waals surface area contributed by atoms with E-state index in [-0.39, 0.29) is 0 Å². The van der Waals surface area contributed by atoms with Crippen LogP contribution in [0.3, 0.4) is 0 Å². The molecule has 0 aliphatic carbocycles. The van der Waals surface area contributed by atoms with Gasteiger partial charge in [-0.3, -0.25) is 4.99 Å². The Balaban J connectivity index is 2.46. The van der Waals surface area contributed by atoms with E-state index in [1.807, 2.05) is 0 Å². The second-order valence-corrected chi connectivity index (χ2v) is 2.22. The molecule has 0 radical (unpaired) electrons. The molecule has 52 valence electrons. The van der Waals surface area contributed by atoms with E-state index in [1.54, 1.807) is 6.92 Å².